The Morgan fingerprint density at radius 2 is 1.87 bits per heavy atom. The monoisotopic (exact) mass is 485 g/mol. The summed E-state index contributed by atoms with van der Waals surface area (Å²) in [6.45, 7) is -2.73. The van der Waals surface area contributed by atoms with E-state index in [1.807, 2.05) is 0 Å². The third-order valence-electron chi connectivity index (χ3n) is 4.48. The Labute approximate surface area is 177 Å². The van der Waals surface area contributed by atoms with Gasteiger partial charge in [0.15, 0.2) is 15.9 Å². The predicted octanol–water partition coefficient (Wildman–Crippen LogP) is 1.16. The Hall–Kier alpha value is -3.02. The molecule has 2 heterocycles. The second-order valence-electron chi connectivity index (χ2n) is 6.47. The van der Waals surface area contributed by atoms with E-state index in [4.69, 9.17) is 0 Å². The van der Waals surface area contributed by atoms with E-state index in [1.54, 1.807) is 12.1 Å². The number of benzene rings is 1. The number of halogens is 3. The lowest BCUT2D eigenvalue weighted by Gasteiger charge is -2.10. The van der Waals surface area contributed by atoms with Crippen molar-refractivity contribution in [3.63, 3.8) is 0 Å². The molecule has 0 bridgehead atoms. The summed E-state index contributed by atoms with van der Waals surface area (Å²) in [6.07, 6.45) is 0.478. The van der Waals surface area contributed by atoms with Gasteiger partial charge in [-0.3, -0.25) is 23.3 Å². The fourth-order valence-electron chi connectivity index (χ4n) is 2.99. The van der Waals surface area contributed by atoms with E-state index in [0.29, 0.717) is 13.0 Å². The molecule has 3 rings (SSSR count). The van der Waals surface area contributed by atoms with E-state index in [2.05, 4.69) is 31.0 Å². The lowest BCUT2D eigenvalue weighted by atomic mass is 10.1. The predicted molar refractivity (Wildman–Crippen MR) is 108 cm³/mol. The van der Waals surface area contributed by atoms with Crippen LogP contribution in [-0.2, 0) is 31.9 Å². The first kappa shape index (κ1) is 21.7. The van der Waals surface area contributed by atoms with Gasteiger partial charge in [0.1, 0.15) is 12.3 Å². The standard InChI is InChI=1S/C18H18BrF2N5O4/c1-24-14-13(15(28)25(2)18(24)29)23-16(19)26(14)9-12(27)22-8-7-10-3-5-11(6-4-10)30-17(20)21/h3-6,17H,7-9H2,1-2H3,(H,22,27). The summed E-state index contributed by atoms with van der Waals surface area (Å²) in [5, 5.41) is 2.74. The van der Waals surface area contributed by atoms with Crippen LogP contribution in [-0.4, -0.2) is 37.7 Å². The smallest absolute Gasteiger partial charge is 0.387 e. The zero-order valence-corrected chi connectivity index (χ0v) is 17.6. The Morgan fingerprint density at radius 3 is 2.50 bits per heavy atom. The van der Waals surface area contributed by atoms with Gasteiger partial charge in [-0.2, -0.15) is 8.78 Å². The molecule has 0 aliphatic rings. The lowest BCUT2D eigenvalue weighted by Crippen LogP contribution is -2.38. The van der Waals surface area contributed by atoms with E-state index in [-0.39, 0.29) is 34.1 Å². The van der Waals surface area contributed by atoms with Crippen LogP contribution < -0.4 is 21.3 Å². The molecule has 0 saturated heterocycles. The number of imidazole rings is 1. The van der Waals surface area contributed by atoms with E-state index in [9.17, 15) is 23.2 Å². The molecule has 0 unspecified atom stereocenters. The quantitative estimate of drug-likeness (QED) is 0.506. The molecule has 0 atom stereocenters. The first-order valence-electron chi connectivity index (χ1n) is 8.81. The number of hydrogen-bond acceptors (Lipinski definition) is 5. The summed E-state index contributed by atoms with van der Waals surface area (Å²) in [4.78, 5) is 40.9. The number of fused-ring (bicyclic) bond motifs is 1. The summed E-state index contributed by atoms with van der Waals surface area (Å²) >= 11 is 3.23. The van der Waals surface area contributed by atoms with Gasteiger partial charge in [-0.15, -0.1) is 0 Å². The molecule has 2 aromatic heterocycles. The van der Waals surface area contributed by atoms with Crippen LogP contribution >= 0.6 is 15.9 Å². The summed E-state index contributed by atoms with van der Waals surface area (Å²) in [5.41, 5.74) is 0.0650. The van der Waals surface area contributed by atoms with Gasteiger partial charge in [-0.1, -0.05) is 12.1 Å². The molecule has 12 heteroatoms. The number of nitrogens with one attached hydrogen (secondary N) is 1. The minimum Gasteiger partial charge on any atom is -0.435 e. The molecule has 0 fully saturated rings. The Bertz CT molecular complexity index is 1200. The molecule has 0 aliphatic carbocycles. The SMILES string of the molecule is Cn1c(=O)c2nc(Br)n(CC(=O)NCCc3ccc(OC(F)F)cc3)c2n(C)c1=O. The van der Waals surface area contributed by atoms with Gasteiger partial charge in [0, 0.05) is 20.6 Å². The van der Waals surface area contributed by atoms with Crippen LogP contribution in [0.1, 0.15) is 5.56 Å². The lowest BCUT2D eigenvalue weighted by molar-refractivity contribution is -0.121. The number of nitrogens with zero attached hydrogens (tertiary/aromatic N) is 4. The first-order valence-corrected chi connectivity index (χ1v) is 9.60. The van der Waals surface area contributed by atoms with Crippen molar-refractivity contribution in [2.45, 2.75) is 19.6 Å². The number of hydrogen-bond donors (Lipinski definition) is 1. The molecule has 9 nitrogen and oxygen atoms in total. The van der Waals surface area contributed by atoms with Gasteiger partial charge < -0.3 is 10.1 Å². The van der Waals surface area contributed by atoms with E-state index < -0.39 is 17.9 Å². The zero-order chi connectivity index (χ0) is 22.0. The van der Waals surface area contributed by atoms with Gasteiger partial charge in [0.25, 0.3) is 5.56 Å². The molecule has 0 saturated carbocycles. The van der Waals surface area contributed by atoms with Crippen LogP contribution in [0.15, 0.2) is 38.6 Å². The van der Waals surface area contributed by atoms with Gasteiger partial charge in [-0.25, -0.2) is 9.78 Å². The Kier molecular flexibility index (Phi) is 6.34. The van der Waals surface area contributed by atoms with Crippen molar-refractivity contribution < 1.29 is 18.3 Å². The first-order chi connectivity index (χ1) is 14.2. The highest BCUT2D eigenvalue weighted by Crippen LogP contribution is 2.17. The zero-order valence-electron chi connectivity index (χ0n) is 16.1. The highest BCUT2D eigenvalue weighted by molar-refractivity contribution is 9.10. The second-order valence-corrected chi connectivity index (χ2v) is 7.18. The van der Waals surface area contributed by atoms with Crippen LogP contribution in [0.5, 0.6) is 5.75 Å². The van der Waals surface area contributed by atoms with Crippen molar-refractivity contribution in [1.82, 2.24) is 24.0 Å². The molecule has 160 valence electrons. The van der Waals surface area contributed by atoms with Gasteiger partial charge in [-0.05, 0) is 40.0 Å². The summed E-state index contributed by atoms with van der Waals surface area (Å²) in [6, 6.07) is 6.13. The van der Waals surface area contributed by atoms with Crippen molar-refractivity contribution in [3.8, 4) is 5.75 Å². The minimum atomic E-state index is -2.88. The van der Waals surface area contributed by atoms with Crippen molar-refractivity contribution in [2.75, 3.05) is 6.54 Å². The van der Waals surface area contributed by atoms with Crippen LogP contribution in [0.2, 0.25) is 0 Å². The van der Waals surface area contributed by atoms with Crippen LogP contribution in [0, 0.1) is 0 Å². The highest BCUT2D eigenvalue weighted by atomic mass is 79.9. The summed E-state index contributed by atoms with van der Waals surface area (Å²) < 4.78 is 32.5. The maximum atomic E-state index is 12.4. The number of aromatic nitrogens is 4. The Balaban J connectivity index is 1.67. The molecule has 0 spiro atoms. The van der Waals surface area contributed by atoms with Gasteiger partial charge in [0.05, 0.1) is 0 Å². The van der Waals surface area contributed by atoms with Crippen LogP contribution in [0.3, 0.4) is 0 Å². The van der Waals surface area contributed by atoms with Crippen molar-refractivity contribution >= 4 is 33.0 Å². The van der Waals surface area contributed by atoms with E-state index in [0.717, 1.165) is 10.1 Å². The van der Waals surface area contributed by atoms with Crippen molar-refractivity contribution in [2.24, 2.45) is 14.1 Å². The minimum absolute atomic E-state index is 0.0615. The molecule has 30 heavy (non-hydrogen) atoms. The molecular formula is C18H18BrF2N5O4. The fraction of sp³-hybridized carbons (Fsp3) is 0.333. The maximum absolute atomic E-state index is 12.4. The van der Waals surface area contributed by atoms with Crippen LogP contribution in [0.25, 0.3) is 11.2 Å². The van der Waals surface area contributed by atoms with Gasteiger partial charge in [0.2, 0.25) is 5.91 Å². The average Bonchev–Trinajstić information content (AvgIpc) is 3.02. The summed E-state index contributed by atoms with van der Waals surface area (Å²) in [5.74, 6) is -0.285. The largest absolute Gasteiger partial charge is 0.435 e. The molecule has 3 aromatic rings. The normalized spacial score (nSPS) is 11.3. The number of amides is 1. The number of alkyl halides is 2. The molecule has 1 aromatic carbocycles. The number of aryl methyl sites for hydroxylation is 1. The number of carbonyl (C=O) groups excluding carboxylic acids is 1. The van der Waals surface area contributed by atoms with Gasteiger partial charge >= 0.3 is 12.3 Å². The topological polar surface area (TPSA) is 100 Å². The molecule has 0 radical (unpaired) electrons. The average molecular weight is 486 g/mol. The third kappa shape index (κ3) is 4.42. The molecule has 0 aliphatic heterocycles. The summed E-state index contributed by atoms with van der Waals surface area (Å²) in [7, 11) is 2.85. The van der Waals surface area contributed by atoms with E-state index >= 15 is 0 Å². The Morgan fingerprint density at radius 1 is 1.20 bits per heavy atom. The number of ether oxygens (including phenoxy) is 1. The highest BCUT2D eigenvalue weighted by Gasteiger charge is 2.19. The second kappa shape index (κ2) is 8.78. The fourth-order valence-corrected chi connectivity index (χ4v) is 3.46. The molecule has 1 amide bonds. The maximum Gasteiger partial charge on any atom is 0.387 e. The van der Waals surface area contributed by atoms with Crippen molar-refractivity contribution in [1.29, 1.82) is 0 Å². The van der Waals surface area contributed by atoms with Crippen LogP contribution in [0.4, 0.5) is 8.78 Å². The molecular weight excluding hydrogens is 468 g/mol. The van der Waals surface area contributed by atoms with E-state index in [1.165, 1.54) is 35.4 Å². The number of carbonyl (C=O) groups is 1. The third-order valence-corrected chi connectivity index (χ3v) is 5.08. The number of rotatable bonds is 7. The molecule has 1 N–H and O–H groups in total. The van der Waals surface area contributed by atoms with Crippen molar-refractivity contribution in [3.05, 3.63) is 55.4 Å².